The van der Waals surface area contributed by atoms with Gasteiger partial charge >= 0.3 is 0 Å². The number of hydrogen-bond acceptors (Lipinski definition) is 4. The Balaban J connectivity index is 1.63. The van der Waals surface area contributed by atoms with Crippen molar-refractivity contribution in [2.75, 3.05) is 18.8 Å². The van der Waals surface area contributed by atoms with Gasteiger partial charge in [0.1, 0.15) is 11.4 Å². The number of piperidine rings is 1. The maximum atomic E-state index is 12.9. The second kappa shape index (κ2) is 6.39. The average molecular weight is 375 g/mol. The van der Waals surface area contributed by atoms with Gasteiger partial charge in [0.15, 0.2) is 5.78 Å². The van der Waals surface area contributed by atoms with Crippen LogP contribution in [-0.4, -0.2) is 30.2 Å². The number of allylic oxidation sites excluding steroid dienone is 1. The third kappa shape index (κ3) is 2.75. The minimum Gasteiger partial charge on any atom is -0.484 e. The van der Waals surface area contributed by atoms with Crippen LogP contribution >= 0.6 is 11.8 Å². The molecule has 5 rings (SSSR count). The quantitative estimate of drug-likeness (QED) is 0.736. The van der Waals surface area contributed by atoms with Gasteiger partial charge in [0.25, 0.3) is 0 Å². The number of rotatable bonds is 1. The zero-order valence-corrected chi connectivity index (χ0v) is 15.9. The monoisotopic (exact) mass is 375 g/mol. The number of ketones is 1. The molecule has 4 heteroatoms. The highest BCUT2D eigenvalue weighted by molar-refractivity contribution is 8.03. The summed E-state index contributed by atoms with van der Waals surface area (Å²) in [5, 5.41) is 3.42. The van der Waals surface area contributed by atoms with Crippen LogP contribution in [0.15, 0.2) is 65.6 Å². The van der Waals surface area contributed by atoms with E-state index >= 15 is 0 Å². The molecule has 0 aromatic heterocycles. The molecular formula is C23H21NO2S. The molecule has 0 radical (unpaired) electrons. The molecule has 27 heavy (non-hydrogen) atoms. The number of Topliss-reactive ketones (excluding diaryl/α,β-unsaturated/α-hetero) is 1. The molecular weight excluding hydrogens is 354 g/mol. The third-order valence-corrected chi connectivity index (χ3v) is 7.07. The topological polar surface area (TPSA) is 38.3 Å². The summed E-state index contributed by atoms with van der Waals surface area (Å²) in [5.41, 5.74) is 4.27. The van der Waals surface area contributed by atoms with E-state index in [1.807, 2.05) is 30.3 Å². The number of benzene rings is 2. The normalized spacial score (nSPS) is 20.9. The van der Waals surface area contributed by atoms with E-state index in [9.17, 15) is 4.79 Å². The first-order chi connectivity index (χ1) is 13.2. The third-order valence-electron chi connectivity index (χ3n) is 5.68. The van der Waals surface area contributed by atoms with Crippen LogP contribution in [0, 0.1) is 0 Å². The number of carbonyl (C=O) groups is 1. The smallest absolute Gasteiger partial charge is 0.194 e. The number of nitrogens with one attached hydrogen (secondary N) is 1. The minimum absolute atomic E-state index is 0.0146. The Morgan fingerprint density at radius 1 is 1.00 bits per heavy atom. The molecule has 1 aliphatic carbocycles. The van der Waals surface area contributed by atoms with E-state index in [-0.39, 0.29) is 11.4 Å². The lowest BCUT2D eigenvalue weighted by molar-refractivity contribution is 0.0299. The summed E-state index contributed by atoms with van der Waals surface area (Å²) in [7, 11) is 0. The van der Waals surface area contributed by atoms with Crippen LogP contribution in [0.5, 0.6) is 0 Å². The summed E-state index contributed by atoms with van der Waals surface area (Å²) < 4.78 is 6.66. The first-order valence-electron chi connectivity index (χ1n) is 9.38. The highest BCUT2D eigenvalue weighted by Crippen LogP contribution is 2.49. The first-order valence-corrected chi connectivity index (χ1v) is 10.4. The summed E-state index contributed by atoms with van der Waals surface area (Å²) in [6, 6.07) is 16.3. The van der Waals surface area contributed by atoms with E-state index in [1.54, 1.807) is 11.8 Å². The van der Waals surface area contributed by atoms with Crippen LogP contribution in [-0.2, 0) is 4.74 Å². The molecule has 2 aliphatic heterocycles. The summed E-state index contributed by atoms with van der Waals surface area (Å²) in [4.78, 5) is 13.8. The lowest BCUT2D eigenvalue weighted by Gasteiger charge is -2.43. The van der Waals surface area contributed by atoms with E-state index in [2.05, 4.69) is 30.1 Å². The molecule has 0 unspecified atom stereocenters. The van der Waals surface area contributed by atoms with Gasteiger partial charge in [0.05, 0.1) is 4.91 Å². The van der Waals surface area contributed by atoms with Crippen molar-refractivity contribution in [3.05, 3.63) is 76.7 Å². The van der Waals surface area contributed by atoms with Gasteiger partial charge in [-0.1, -0.05) is 43.0 Å². The van der Waals surface area contributed by atoms with Crippen molar-refractivity contribution in [2.24, 2.45) is 0 Å². The highest BCUT2D eigenvalue weighted by Gasteiger charge is 2.43. The maximum absolute atomic E-state index is 12.9. The largest absolute Gasteiger partial charge is 0.484 e. The van der Waals surface area contributed by atoms with E-state index in [0.717, 1.165) is 59.0 Å². The van der Waals surface area contributed by atoms with Crippen LogP contribution < -0.4 is 5.32 Å². The molecule has 1 fully saturated rings. The van der Waals surface area contributed by atoms with Gasteiger partial charge in [0.2, 0.25) is 0 Å². The first kappa shape index (κ1) is 16.8. The molecule has 3 nitrogen and oxygen atoms in total. The summed E-state index contributed by atoms with van der Waals surface area (Å²) >= 11 is 1.74. The Bertz CT molecular complexity index is 971. The van der Waals surface area contributed by atoms with Gasteiger partial charge in [-0.05, 0) is 36.3 Å². The van der Waals surface area contributed by atoms with Crippen LogP contribution in [0.4, 0.5) is 0 Å². The van der Waals surface area contributed by atoms with Crippen LogP contribution in [0.3, 0.4) is 0 Å². The van der Waals surface area contributed by atoms with E-state index in [1.165, 1.54) is 0 Å². The molecule has 1 saturated heterocycles. The number of carbonyl (C=O) groups excluding carboxylic acids is 1. The van der Waals surface area contributed by atoms with E-state index in [4.69, 9.17) is 4.74 Å². The number of ether oxygens (including phenoxy) is 1. The highest BCUT2D eigenvalue weighted by atomic mass is 32.2. The molecule has 3 aliphatic rings. The molecule has 1 N–H and O–H groups in total. The Kier molecular flexibility index (Phi) is 3.99. The Labute approximate surface area is 163 Å². The average Bonchev–Trinajstić information content (AvgIpc) is 2.73. The van der Waals surface area contributed by atoms with Crippen LogP contribution in [0.1, 0.15) is 28.8 Å². The fourth-order valence-corrected chi connectivity index (χ4v) is 5.40. The van der Waals surface area contributed by atoms with Gasteiger partial charge in [0, 0.05) is 35.3 Å². The van der Waals surface area contributed by atoms with E-state index in [0.29, 0.717) is 11.1 Å². The number of thioether (sulfide) groups is 1. The van der Waals surface area contributed by atoms with Crippen molar-refractivity contribution in [1.29, 1.82) is 0 Å². The zero-order valence-electron chi connectivity index (χ0n) is 15.1. The molecule has 0 saturated carbocycles. The molecule has 0 atom stereocenters. The molecule has 2 heterocycles. The van der Waals surface area contributed by atoms with Gasteiger partial charge in [-0.25, -0.2) is 0 Å². The Morgan fingerprint density at radius 3 is 2.56 bits per heavy atom. The van der Waals surface area contributed by atoms with Crippen molar-refractivity contribution < 1.29 is 9.53 Å². The van der Waals surface area contributed by atoms with Gasteiger partial charge in [-0.15, -0.1) is 11.8 Å². The molecule has 0 amide bonds. The molecule has 2 aromatic carbocycles. The fourth-order valence-electron chi connectivity index (χ4n) is 4.10. The second-order valence-corrected chi connectivity index (χ2v) is 8.40. The summed E-state index contributed by atoms with van der Waals surface area (Å²) in [6.07, 6.45) is 1.98. The lowest BCUT2D eigenvalue weighted by Crippen LogP contribution is -2.47. The number of fused-ring (bicyclic) bond motifs is 2. The van der Waals surface area contributed by atoms with Crippen LogP contribution in [0.25, 0.3) is 16.9 Å². The predicted octanol–water partition coefficient (Wildman–Crippen LogP) is 4.66. The van der Waals surface area contributed by atoms with Crippen molar-refractivity contribution in [3.63, 3.8) is 0 Å². The Hall–Kier alpha value is -2.30. The molecule has 136 valence electrons. The maximum Gasteiger partial charge on any atom is 0.194 e. The second-order valence-electron chi connectivity index (χ2n) is 7.42. The van der Waals surface area contributed by atoms with Crippen molar-refractivity contribution in [3.8, 4) is 11.1 Å². The van der Waals surface area contributed by atoms with E-state index < -0.39 is 0 Å². The predicted molar refractivity (Wildman–Crippen MR) is 111 cm³/mol. The standard InChI is InChI=1S/C23H21NO2S/c1-15-20(25)18-8-7-17(16-5-3-2-4-6-16)13-19(18)21-22(15)27-14-23(26-21)9-11-24-12-10-23/h2-8,13,24H,1,9-12,14H2. The molecule has 2 aromatic rings. The van der Waals surface area contributed by atoms with Crippen molar-refractivity contribution in [1.82, 2.24) is 5.32 Å². The van der Waals surface area contributed by atoms with Crippen LogP contribution in [0.2, 0.25) is 0 Å². The number of hydrogen-bond donors (Lipinski definition) is 1. The van der Waals surface area contributed by atoms with Crippen molar-refractivity contribution >= 4 is 23.3 Å². The van der Waals surface area contributed by atoms with Gasteiger partial charge in [-0.2, -0.15) is 0 Å². The lowest BCUT2D eigenvalue weighted by atomic mass is 9.87. The van der Waals surface area contributed by atoms with Gasteiger partial charge < -0.3 is 10.1 Å². The fraction of sp³-hybridized carbons (Fsp3) is 0.261. The minimum atomic E-state index is -0.143. The molecule has 0 bridgehead atoms. The summed E-state index contributed by atoms with van der Waals surface area (Å²) in [5.74, 6) is 1.75. The SMILES string of the molecule is C=C1C(=O)c2ccc(-c3ccccc3)cc2C2=C1SCC1(CCNCC1)O2. The molecule has 1 spiro atoms. The zero-order chi connectivity index (χ0) is 18.4. The van der Waals surface area contributed by atoms with Crippen molar-refractivity contribution in [2.45, 2.75) is 18.4 Å². The Morgan fingerprint density at radius 2 is 1.78 bits per heavy atom. The summed E-state index contributed by atoms with van der Waals surface area (Å²) in [6.45, 7) is 6.02. The van der Waals surface area contributed by atoms with Gasteiger partial charge in [-0.3, -0.25) is 4.79 Å².